The summed E-state index contributed by atoms with van der Waals surface area (Å²) in [5.41, 5.74) is -2.45. The second kappa shape index (κ2) is 8.92. The van der Waals surface area contributed by atoms with Crippen LogP contribution in [0.15, 0.2) is 48.5 Å². The van der Waals surface area contributed by atoms with Gasteiger partial charge in [0.1, 0.15) is 11.5 Å². The second-order valence-corrected chi connectivity index (χ2v) is 5.23. The number of aliphatic carboxylic acids is 1. The van der Waals surface area contributed by atoms with Crippen LogP contribution in [0.4, 0.5) is 8.78 Å². The number of carboxylic acids is 1. The van der Waals surface area contributed by atoms with Crippen LogP contribution in [0.1, 0.15) is 24.5 Å². The van der Waals surface area contributed by atoms with Crippen molar-refractivity contribution in [1.29, 1.82) is 0 Å². The summed E-state index contributed by atoms with van der Waals surface area (Å²) < 4.78 is 33.0. The predicted molar refractivity (Wildman–Crippen MR) is 95.1 cm³/mol. The van der Waals surface area contributed by atoms with Crippen molar-refractivity contribution in [3.8, 4) is 11.5 Å². The number of halogens is 3. The summed E-state index contributed by atoms with van der Waals surface area (Å²) in [7, 11) is 0. The molecule has 4 nitrogen and oxygen atoms in total. The number of benzene rings is 2. The van der Waals surface area contributed by atoms with Crippen LogP contribution in [0.5, 0.6) is 11.5 Å². The molecule has 1 aliphatic rings. The average molecular weight is 417 g/mol. The Labute approximate surface area is 154 Å². The first-order chi connectivity index (χ1) is 11.5. The van der Waals surface area contributed by atoms with E-state index in [2.05, 4.69) is 0 Å². The fourth-order valence-corrected chi connectivity index (χ4v) is 2.59. The number of para-hydroxylation sites is 2. The van der Waals surface area contributed by atoms with Gasteiger partial charge >= 0.3 is 5.97 Å². The Kier molecular flexibility index (Phi) is 7.51. The van der Waals surface area contributed by atoms with E-state index in [4.69, 9.17) is 9.84 Å². The van der Waals surface area contributed by atoms with Crippen LogP contribution >= 0.6 is 17.0 Å². The Bertz CT molecular complexity index is 674. The highest BCUT2D eigenvalue weighted by Crippen LogP contribution is 2.51. The number of hydrogen-bond acceptors (Lipinski definition) is 3. The van der Waals surface area contributed by atoms with E-state index in [0.29, 0.717) is 6.61 Å². The Morgan fingerprint density at radius 2 is 1.48 bits per heavy atom. The standard InChI is InChI=1S/C15H10F2O3.C3H8O.BrH/c16-13(17)15(14(18)19)9-5-1-3-7-11(9)20-12-8-4-2-6-10(12)15;1-2-3-4;/h1-8,13H,(H,18,19);4H,2-3H2,1H3;1H. The van der Waals surface area contributed by atoms with Gasteiger partial charge in [-0.25, -0.2) is 8.78 Å². The highest BCUT2D eigenvalue weighted by atomic mass is 79.9. The maximum Gasteiger partial charge on any atom is 0.324 e. The molecule has 2 aromatic carbocycles. The summed E-state index contributed by atoms with van der Waals surface area (Å²) in [6, 6.07) is 12.0. The van der Waals surface area contributed by atoms with Crippen molar-refractivity contribution >= 4 is 23.0 Å². The first-order valence-corrected chi connectivity index (χ1v) is 7.49. The van der Waals surface area contributed by atoms with E-state index in [-0.39, 0.29) is 39.6 Å². The zero-order chi connectivity index (χ0) is 17.7. The molecule has 0 radical (unpaired) electrons. The third-order valence-electron chi connectivity index (χ3n) is 3.73. The molecule has 3 rings (SSSR count). The lowest BCUT2D eigenvalue weighted by molar-refractivity contribution is -0.148. The summed E-state index contributed by atoms with van der Waals surface area (Å²) in [6.07, 6.45) is -2.22. The van der Waals surface area contributed by atoms with Crippen molar-refractivity contribution in [3.63, 3.8) is 0 Å². The Morgan fingerprint density at radius 3 is 1.80 bits per heavy atom. The van der Waals surface area contributed by atoms with Crippen LogP contribution in [-0.4, -0.2) is 29.2 Å². The zero-order valence-corrected chi connectivity index (χ0v) is 15.2. The van der Waals surface area contributed by atoms with Crippen molar-refractivity contribution in [3.05, 3.63) is 59.7 Å². The molecule has 0 bridgehead atoms. The van der Waals surface area contributed by atoms with Crippen LogP contribution in [0, 0.1) is 0 Å². The minimum absolute atomic E-state index is 0. The summed E-state index contributed by atoms with van der Waals surface area (Å²) in [6.45, 7) is 2.25. The normalized spacial score (nSPS) is 13.3. The number of aliphatic hydroxyl groups is 1. The molecule has 0 saturated carbocycles. The summed E-state index contributed by atoms with van der Waals surface area (Å²) in [4.78, 5) is 11.7. The molecule has 2 N–H and O–H groups in total. The fourth-order valence-electron chi connectivity index (χ4n) is 2.59. The summed E-state index contributed by atoms with van der Waals surface area (Å²) >= 11 is 0. The second-order valence-electron chi connectivity index (χ2n) is 5.23. The largest absolute Gasteiger partial charge is 0.480 e. The number of carbonyl (C=O) groups is 1. The monoisotopic (exact) mass is 416 g/mol. The molecule has 136 valence electrons. The predicted octanol–water partition coefficient (Wildman–Crippen LogP) is 4.39. The van der Waals surface area contributed by atoms with Gasteiger partial charge in [0.2, 0.25) is 0 Å². The molecule has 0 aromatic heterocycles. The number of rotatable bonds is 3. The number of alkyl halides is 2. The summed E-state index contributed by atoms with van der Waals surface area (Å²) in [5, 5.41) is 17.4. The zero-order valence-electron chi connectivity index (χ0n) is 13.5. The van der Waals surface area contributed by atoms with Gasteiger partial charge < -0.3 is 14.9 Å². The molecule has 1 aliphatic heterocycles. The quantitative estimate of drug-likeness (QED) is 0.778. The lowest BCUT2D eigenvalue weighted by Crippen LogP contribution is -2.45. The molecule has 0 spiro atoms. The third kappa shape index (κ3) is 3.67. The Balaban J connectivity index is 0.000000568. The van der Waals surface area contributed by atoms with Crippen molar-refractivity contribution in [1.82, 2.24) is 0 Å². The maximum absolute atomic E-state index is 13.7. The highest BCUT2D eigenvalue weighted by Gasteiger charge is 2.55. The third-order valence-corrected chi connectivity index (χ3v) is 3.73. The lowest BCUT2D eigenvalue weighted by atomic mass is 9.72. The molecule has 7 heteroatoms. The first kappa shape index (κ1) is 21.1. The topological polar surface area (TPSA) is 66.8 Å². The van der Waals surface area contributed by atoms with Gasteiger partial charge in [0.15, 0.2) is 5.41 Å². The molecule has 0 fully saturated rings. The van der Waals surface area contributed by atoms with Gasteiger partial charge in [-0.2, -0.15) is 0 Å². The van der Waals surface area contributed by atoms with Crippen molar-refractivity contribution in [2.24, 2.45) is 0 Å². The number of ether oxygens (including phenoxy) is 1. The van der Waals surface area contributed by atoms with Gasteiger partial charge in [0, 0.05) is 17.7 Å². The molecule has 0 unspecified atom stereocenters. The Morgan fingerprint density at radius 1 is 1.08 bits per heavy atom. The van der Waals surface area contributed by atoms with E-state index in [9.17, 15) is 18.7 Å². The van der Waals surface area contributed by atoms with Crippen LogP contribution in [0.25, 0.3) is 0 Å². The van der Waals surface area contributed by atoms with Crippen LogP contribution in [-0.2, 0) is 10.2 Å². The number of fused-ring (bicyclic) bond motifs is 2. The van der Waals surface area contributed by atoms with Crippen molar-refractivity contribution < 1.29 is 28.5 Å². The van der Waals surface area contributed by atoms with Crippen molar-refractivity contribution in [2.75, 3.05) is 6.61 Å². The molecular weight excluding hydrogens is 398 g/mol. The maximum atomic E-state index is 13.7. The fraction of sp³-hybridized carbons (Fsp3) is 0.278. The minimum atomic E-state index is -3.09. The van der Waals surface area contributed by atoms with Crippen LogP contribution < -0.4 is 4.74 Å². The molecule has 0 atom stereocenters. The Hall–Kier alpha value is -1.99. The van der Waals surface area contributed by atoms with Crippen LogP contribution in [0.2, 0.25) is 0 Å². The smallest absolute Gasteiger partial charge is 0.324 e. The van der Waals surface area contributed by atoms with E-state index >= 15 is 0 Å². The lowest BCUT2D eigenvalue weighted by Gasteiger charge is -2.35. The van der Waals surface area contributed by atoms with Gasteiger partial charge in [-0.3, -0.25) is 4.79 Å². The minimum Gasteiger partial charge on any atom is -0.480 e. The number of aliphatic hydroxyl groups excluding tert-OH is 1. The molecule has 1 heterocycles. The van der Waals surface area contributed by atoms with Gasteiger partial charge in [-0.05, 0) is 18.6 Å². The van der Waals surface area contributed by atoms with E-state index in [1.54, 1.807) is 12.1 Å². The molecule has 0 aliphatic carbocycles. The number of carboxylic acid groups (broad SMARTS) is 1. The SMILES string of the molecule is Br.CCCO.O=C(O)C1(C(F)F)c2ccccc2Oc2ccccc21. The van der Waals surface area contributed by atoms with Crippen LogP contribution in [0.3, 0.4) is 0 Å². The molecule has 2 aromatic rings. The summed E-state index contributed by atoms with van der Waals surface area (Å²) in [5.74, 6) is -1.29. The van der Waals surface area contributed by atoms with Gasteiger partial charge in [0.05, 0.1) is 0 Å². The van der Waals surface area contributed by atoms with E-state index in [1.807, 2.05) is 6.92 Å². The molecule has 0 saturated heterocycles. The van der Waals surface area contributed by atoms with E-state index < -0.39 is 17.8 Å². The molecular formula is C18H19BrF2O4. The van der Waals surface area contributed by atoms with Gasteiger partial charge in [-0.1, -0.05) is 43.3 Å². The highest BCUT2D eigenvalue weighted by molar-refractivity contribution is 8.93. The average Bonchev–Trinajstić information content (AvgIpc) is 2.59. The van der Waals surface area contributed by atoms with E-state index in [1.165, 1.54) is 36.4 Å². The van der Waals surface area contributed by atoms with E-state index in [0.717, 1.165) is 6.42 Å². The van der Waals surface area contributed by atoms with Gasteiger partial charge in [-0.15, -0.1) is 17.0 Å². The molecule has 25 heavy (non-hydrogen) atoms. The molecule has 0 amide bonds. The van der Waals surface area contributed by atoms with Gasteiger partial charge in [0.25, 0.3) is 6.43 Å². The first-order valence-electron chi connectivity index (χ1n) is 7.49. The number of hydrogen-bond donors (Lipinski definition) is 2. The van der Waals surface area contributed by atoms with Crippen molar-refractivity contribution in [2.45, 2.75) is 25.2 Å².